The first-order chi connectivity index (χ1) is 10.9. The van der Waals surface area contributed by atoms with Crippen molar-refractivity contribution in [3.05, 3.63) is 12.2 Å². The van der Waals surface area contributed by atoms with E-state index in [9.17, 15) is 14.7 Å². The number of allylic oxidation sites excluding steroid dienone is 1. The zero-order valence-electron chi connectivity index (χ0n) is 13.6. The molecule has 1 aliphatic heterocycles. The summed E-state index contributed by atoms with van der Waals surface area (Å²) in [5, 5.41) is 10.2. The van der Waals surface area contributed by atoms with Gasteiger partial charge in [-0.1, -0.05) is 12.2 Å². The first-order valence-corrected chi connectivity index (χ1v) is 8.99. The van der Waals surface area contributed by atoms with Gasteiger partial charge in [0.2, 0.25) is 0 Å². The summed E-state index contributed by atoms with van der Waals surface area (Å²) in [5.41, 5.74) is -0.0978. The highest BCUT2D eigenvalue weighted by molar-refractivity contribution is 5.84. The molecule has 0 amide bonds. The van der Waals surface area contributed by atoms with Gasteiger partial charge >= 0.3 is 11.9 Å². The second-order valence-electron chi connectivity index (χ2n) is 9.01. The lowest BCUT2D eigenvalue weighted by atomic mass is 9.60. The number of hydrogen-bond acceptors (Lipinski definition) is 3. The minimum atomic E-state index is -0.719. The van der Waals surface area contributed by atoms with Gasteiger partial charge in [-0.05, 0) is 63.2 Å². The Labute approximate surface area is 136 Å². The molecule has 7 atom stereocenters. The van der Waals surface area contributed by atoms with Gasteiger partial charge in [0.25, 0.3) is 0 Å². The molecule has 0 unspecified atom stereocenters. The number of hydrogen-bond donors (Lipinski definition) is 1. The Bertz CT molecular complexity index is 654. The van der Waals surface area contributed by atoms with Gasteiger partial charge in [0.15, 0.2) is 0 Å². The highest BCUT2D eigenvalue weighted by Gasteiger charge is 2.81. The lowest BCUT2D eigenvalue weighted by Crippen LogP contribution is -2.47. The van der Waals surface area contributed by atoms with E-state index < -0.39 is 22.9 Å². The fraction of sp³-hybridized carbons (Fsp3) is 0.789. The van der Waals surface area contributed by atoms with Gasteiger partial charge in [-0.3, -0.25) is 9.59 Å². The zero-order chi connectivity index (χ0) is 16.2. The molecule has 4 nitrogen and oxygen atoms in total. The third-order valence-corrected chi connectivity index (χ3v) is 8.29. The fourth-order valence-electron chi connectivity index (χ4n) is 7.70. The van der Waals surface area contributed by atoms with Crippen molar-refractivity contribution in [2.45, 2.75) is 57.5 Å². The number of ether oxygens (including phenoxy) is 1. The molecule has 124 valence electrons. The second-order valence-corrected chi connectivity index (χ2v) is 9.01. The number of fused-ring (bicyclic) bond motifs is 1. The topological polar surface area (TPSA) is 63.6 Å². The van der Waals surface area contributed by atoms with E-state index in [0.29, 0.717) is 5.92 Å². The summed E-state index contributed by atoms with van der Waals surface area (Å²) in [5.74, 6) is -0.771. The summed E-state index contributed by atoms with van der Waals surface area (Å²) in [7, 11) is 0. The molecule has 4 saturated carbocycles. The van der Waals surface area contributed by atoms with E-state index in [1.165, 1.54) is 5.57 Å². The molecule has 0 aromatic heterocycles. The van der Waals surface area contributed by atoms with Crippen LogP contribution in [0, 0.1) is 34.5 Å². The number of carboxylic acids is 1. The minimum absolute atomic E-state index is 0.139. The number of carbonyl (C=O) groups is 2. The Hall–Kier alpha value is -1.32. The molecule has 1 saturated heterocycles. The average Bonchev–Trinajstić information content (AvgIpc) is 2.92. The molecule has 4 bridgehead atoms. The maximum Gasteiger partial charge on any atom is 0.312 e. The maximum atomic E-state index is 12.7. The van der Waals surface area contributed by atoms with Crippen LogP contribution in [0.2, 0.25) is 0 Å². The number of rotatable bonds is 1. The van der Waals surface area contributed by atoms with E-state index in [4.69, 9.17) is 4.74 Å². The fourth-order valence-corrected chi connectivity index (χ4v) is 7.70. The molecule has 4 aliphatic carbocycles. The van der Waals surface area contributed by atoms with E-state index >= 15 is 0 Å². The van der Waals surface area contributed by atoms with Crippen molar-refractivity contribution in [3.8, 4) is 0 Å². The number of esters is 1. The van der Waals surface area contributed by atoms with Gasteiger partial charge in [0.05, 0.1) is 11.3 Å². The monoisotopic (exact) mass is 316 g/mol. The molecule has 4 heteroatoms. The normalized spacial score (nSPS) is 56.2. The lowest BCUT2D eigenvalue weighted by Gasteiger charge is -2.43. The molecule has 0 radical (unpaired) electrons. The van der Waals surface area contributed by atoms with Crippen molar-refractivity contribution < 1.29 is 19.4 Å². The molecule has 0 aromatic rings. The first kappa shape index (κ1) is 14.1. The Morgan fingerprint density at radius 1 is 1.35 bits per heavy atom. The van der Waals surface area contributed by atoms with Gasteiger partial charge < -0.3 is 9.84 Å². The first-order valence-electron chi connectivity index (χ1n) is 8.99. The van der Waals surface area contributed by atoms with Crippen LogP contribution in [0.25, 0.3) is 0 Å². The predicted molar refractivity (Wildman–Crippen MR) is 82.4 cm³/mol. The van der Waals surface area contributed by atoms with Gasteiger partial charge in [0.1, 0.15) is 5.60 Å². The third-order valence-electron chi connectivity index (χ3n) is 8.29. The highest BCUT2D eigenvalue weighted by Crippen LogP contribution is 2.77. The predicted octanol–water partition coefficient (Wildman–Crippen LogP) is 3.17. The largest absolute Gasteiger partial charge is 0.481 e. The minimum Gasteiger partial charge on any atom is -0.481 e. The van der Waals surface area contributed by atoms with Crippen molar-refractivity contribution in [1.29, 1.82) is 0 Å². The second kappa shape index (κ2) is 3.84. The summed E-state index contributed by atoms with van der Waals surface area (Å²) in [6, 6.07) is 0. The summed E-state index contributed by atoms with van der Waals surface area (Å²) in [6.07, 6.45) is 6.45. The molecule has 1 N–H and O–H groups in total. The Morgan fingerprint density at radius 2 is 2.13 bits per heavy atom. The van der Waals surface area contributed by atoms with Crippen molar-refractivity contribution >= 4 is 11.9 Å². The standard InChI is InChI=1S/C19H24O4/c1-10-8-18-9-11(10)4-5-12(18)19-7-3-6-17(2,16(22)23-19)14(19)13(18)15(20)21/h11-14H,1,3-9H2,2H3,(H,20,21)/t11-,12-,13-,14-,17-,18+,19-/m1/s1. The molecular weight excluding hydrogens is 292 g/mol. The smallest absolute Gasteiger partial charge is 0.312 e. The van der Waals surface area contributed by atoms with Crippen LogP contribution in [0.1, 0.15) is 51.9 Å². The molecule has 5 aliphatic rings. The quantitative estimate of drug-likeness (QED) is 0.596. The summed E-state index contributed by atoms with van der Waals surface area (Å²) in [4.78, 5) is 25.0. The Morgan fingerprint density at radius 3 is 2.87 bits per heavy atom. The lowest BCUT2D eigenvalue weighted by molar-refractivity contribution is -0.160. The number of carboxylic acid groups (broad SMARTS) is 1. The molecular formula is C19H24O4. The Balaban J connectivity index is 1.75. The molecule has 1 heterocycles. The van der Waals surface area contributed by atoms with Crippen molar-refractivity contribution in [1.82, 2.24) is 0 Å². The molecule has 1 spiro atoms. The van der Waals surface area contributed by atoms with Gasteiger partial charge in [-0.25, -0.2) is 0 Å². The van der Waals surface area contributed by atoms with Crippen LogP contribution in [0.5, 0.6) is 0 Å². The zero-order valence-corrected chi connectivity index (χ0v) is 13.6. The molecule has 5 rings (SSSR count). The van der Waals surface area contributed by atoms with E-state index in [1.54, 1.807) is 0 Å². The van der Waals surface area contributed by atoms with Crippen LogP contribution in [-0.2, 0) is 14.3 Å². The maximum absolute atomic E-state index is 12.7. The molecule has 5 fully saturated rings. The van der Waals surface area contributed by atoms with Crippen LogP contribution in [0.15, 0.2) is 12.2 Å². The van der Waals surface area contributed by atoms with E-state index in [2.05, 4.69) is 6.58 Å². The average molecular weight is 316 g/mol. The van der Waals surface area contributed by atoms with Crippen molar-refractivity contribution in [2.24, 2.45) is 34.5 Å². The van der Waals surface area contributed by atoms with Gasteiger partial charge in [-0.2, -0.15) is 0 Å². The molecule has 0 aromatic carbocycles. The van der Waals surface area contributed by atoms with Crippen LogP contribution in [0.3, 0.4) is 0 Å². The van der Waals surface area contributed by atoms with E-state index in [0.717, 1.165) is 44.9 Å². The van der Waals surface area contributed by atoms with Crippen LogP contribution in [0.4, 0.5) is 0 Å². The van der Waals surface area contributed by atoms with E-state index in [-0.39, 0.29) is 23.2 Å². The van der Waals surface area contributed by atoms with Gasteiger partial charge in [0, 0.05) is 11.8 Å². The third kappa shape index (κ3) is 1.29. The number of aliphatic carboxylic acids is 1. The van der Waals surface area contributed by atoms with Crippen LogP contribution < -0.4 is 0 Å². The summed E-state index contributed by atoms with van der Waals surface area (Å²) < 4.78 is 6.10. The SMILES string of the molecule is C=C1C[C@]23C[C@H]1CC[C@H]2[C@@]12CCC[C@@](C)(C(=O)O1)[C@H]2[C@@H]3C(=O)O. The summed E-state index contributed by atoms with van der Waals surface area (Å²) in [6.45, 7) is 6.22. The number of carbonyl (C=O) groups excluding carboxylic acids is 1. The van der Waals surface area contributed by atoms with Crippen molar-refractivity contribution in [3.63, 3.8) is 0 Å². The highest BCUT2D eigenvalue weighted by atomic mass is 16.6. The molecule has 23 heavy (non-hydrogen) atoms. The van der Waals surface area contributed by atoms with Crippen LogP contribution >= 0.6 is 0 Å². The summed E-state index contributed by atoms with van der Waals surface area (Å²) >= 11 is 0. The van der Waals surface area contributed by atoms with Crippen molar-refractivity contribution in [2.75, 3.05) is 0 Å². The van der Waals surface area contributed by atoms with Gasteiger partial charge in [-0.15, -0.1) is 0 Å². The van der Waals surface area contributed by atoms with E-state index in [1.807, 2.05) is 6.92 Å². The Kier molecular flexibility index (Phi) is 2.35. The van der Waals surface area contributed by atoms with Crippen LogP contribution in [-0.4, -0.2) is 22.6 Å².